The first-order chi connectivity index (χ1) is 12.8. The fourth-order valence-corrected chi connectivity index (χ4v) is 3.18. The van der Waals surface area contributed by atoms with Crippen molar-refractivity contribution < 1.29 is 20.1 Å². The number of nitrogens with zero attached hydrogens (tertiary/aromatic N) is 5. The van der Waals surface area contributed by atoms with Crippen LogP contribution in [-0.2, 0) is 40.0 Å². The number of fused-ring (bicyclic) bond motifs is 3. The molecule has 139 valence electrons. The molecule has 5 rings (SSSR count). The van der Waals surface area contributed by atoms with Crippen LogP contribution in [0.2, 0.25) is 0 Å². The minimum Gasteiger partial charge on any atom is -0.574 e. The van der Waals surface area contributed by atoms with Crippen LogP contribution in [0.15, 0.2) is 61.1 Å². The van der Waals surface area contributed by atoms with Crippen molar-refractivity contribution in [3.63, 3.8) is 0 Å². The molecular formula is C21H19IrN5-2. The van der Waals surface area contributed by atoms with Gasteiger partial charge in [-0.1, -0.05) is 30.7 Å². The van der Waals surface area contributed by atoms with Gasteiger partial charge in [0, 0.05) is 57.1 Å². The summed E-state index contributed by atoms with van der Waals surface area (Å²) in [5.74, 6) is 0. The zero-order valence-electron chi connectivity index (χ0n) is 15.0. The zero-order valence-corrected chi connectivity index (χ0v) is 17.4. The van der Waals surface area contributed by atoms with Gasteiger partial charge in [-0.25, -0.2) is 5.10 Å². The van der Waals surface area contributed by atoms with Crippen molar-refractivity contribution in [2.45, 2.75) is 19.3 Å². The van der Waals surface area contributed by atoms with Crippen molar-refractivity contribution in [3.05, 3.63) is 78.2 Å². The van der Waals surface area contributed by atoms with Gasteiger partial charge in [-0.15, -0.1) is 35.4 Å². The molecule has 0 spiro atoms. The smallest absolute Gasteiger partial charge is 0.0493 e. The third-order valence-electron chi connectivity index (χ3n) is 4.37. The van der Waals surface area contributed by atoms with Crippen LogP contribution in [0.1, 0.15) is 17.5 Å². The van der Waals surface area contributed by atoms with Crippen LogP contribution in [0.3, 0.4) is 0 Å². The Kier molecular flexibility index (Phi) is 6.32. The first kappa shape index (κ1) is 19.2. The second-order valence-corrected chi connectivity index (χ2v) is 6.23. The van der Waals surface area contributed by atoms with Gasteiger partial charge in [-0.2, -0.15) is 0 Å². The average molecular weight is 534 g/mol. The number of pyridine rings is 1. The molecule has 0 amide bonds. The Morgan fingerprint density at radius 3 is 2.70 bits per heavy atom. The molecule has 3 heterocycles. The predicted octanol–water partition coefficient (Wildman–Crippen LogP) is 3.47. The molecule has 1 aliphatic carbocycles. The summed E-state index contributed by atoms with van der Waals surface area (Å²) in [6.07, 6.45) is 9.02. The van der Waals surface area contributed by atoms with Gasteiger partial charge in [0.1, 0.15) is 0 Å². The number of benzene rings is 1. The van der Waals surface area contributed by atoms with Crippen LogP contribution in [0.25, 0.3) is 22.6 Å². The third-order valence-corrected chi connectivity index (χ3v) is 4.37. The van der Waals surface area contributed by atoms with Crippen LogP contribution in [0.4, 0.5) is 0 Å². The number of aromatic nitrogens is 5. The van der Waals surface area contributed by atoms with Crippen molar-refractivity contribution >= 4 is 0 Å². The summed E-state index contributed by atoms with van der Waals surface area (Å²) in [6.45, 7) is 0. The second-order valence-electron chi connectivity index (χ2n) is 6.23. The van der Waals surface area contributed by atoms with Crippen LogP contribution >= 0.6 is 0 Å². The van der Waals surface area contributed by atoms with E-state index in [0.29, 0.717) is 0 Å². The summed E-state index contributed by atoms with van der Waals surface area (Å²) < 4.78 is 1.90. The average Bonchev–Trinajstić information content (AvgIpc) is 3.31. The normalized spacial score (nSPS) is 11.9. The van der Waals surface area contributed by atoms with E-state index < -0.39 is 0 Å². The van der Waals surface area contributed by atoms with Crippen LogP contribution in [-0.4, -0.2) is 19.9 Å². The van der Waals surface area contributed by atoms with Gasteiger partial charge in [-0.05, 0) is 24.1 Å². The Morgan fingerprint density at radius 2 is 1.93 bits per heavy atom. The molecule has 0 aliphatic heterocycles. The minimum absolute atomic E-state index is 0. The van der Waals surface area contributed by atoms with Gasteiger partial charge in [0.05, 0.1) is 0 Å². The molecule has 0 N–H and O–H groups in total. The molecule has 0 atom stereocenters. The molecule has 0 fully saturated rings. The first-order valence-corrected chi connectivity index (χ1v) is 8.69. The Balaban J connectivity index is 0.000000157. The largest absolute Gasteiger partial charge is 0.574 e. The van der Waals surface area contributed by atoms with Gasteiger partial charge in [-0.3, -0.25) is 9.67 Å². The standard InChI is InChI=1S/C13H13N2.C8H6N3.Ir/c1-15-9-11-7-4-6-10-5-2-3-8-12(10)13(11)14-15;1-2-5-9-7(3-1)8-4-6-10-11-8;/h2-3,5,9H,4,6-7H2,1H3;1-6H;/q2*-1;. The first-order valence-electron chi connectivity index (χ1n) is 8.69. The van der Waals surface area contributed by atoms with E-state index in [1.807, 2.05) is 42.1 Å². The van der Waals surface area contributed by atoms with E-state index in [9.17, 15) is 0 Å². The molecule has 5 nitrogen and oxygen atoms in total. The molecule has 3 aromatic heterocycles. The summed E-state index contributed by atoms with van der Waals surface area (Å²) in [7, 11) is 1.98. The number of rotatable bonds is 1. The van der Waals surface area contributed by atoms with Crippen molar-refractivity contribution in [3.8, 4) is 22.6 Å². The number of aryl methyl sites for hydroxylation is 3. The molecule has 6 heteroatoms. The SMILES string of the molecule is Cn1cc2c(n1)-c1[c-]cccc1CCC2.[Ir].c1ccc(-c2ccn[n-]2)nc1. The van der Waals surface area contributed by atoms with Crippen molar-refractivity contribution in [2.24, 2.45) is 7.05 Å². The molecule has 0 saturated heterocycles. The van der Waals surface area contributed by atoms with Crippen molar-refractivity contribution in [1.82, 2.24) is 25.0 Å². The summed E-state index contributed by atoms with van der Waals surface area (Å²) in [5.41, 5.74) is 6.76. The van der Waals surface area contributed by atoms with Gasteiger partial charge in [0.15, 0.2) is 0 Å². The second kappa shape index (κ2) is 8.89. The quantitative estimate of drug-likeness (QED) is 0.352. The van der Waals surface area contributed by atoms with Crippen molar-refractivity contribution in [1.29, 1.82) is 0 Å². The molecule has 27 heavy (non-hydrogen) atoms. The molecule has 0 unspecified atom stereocenters. The molecule has 1 radical (unpaired) electrons. The summed E-state index contributed by atoms with van der Waals surface area (Å²) in [4.78, 5) is 4.12. The predicted molar refractivity (Wildman–Crippen MR) is 100 cm³/mol. The molecule has 0 saturated carbocycles. The van der Waals surface area contributed by atoms with Gasteiger partial charge in [0.25, 0.3) is 0 Å². The van der Waals surface area contributed by atoms with E-state index in [1.165, 1.54) is 23.1 Å². The Bertz CT molecular complexity index is 977. The molecular weight excluding hydrogens is 514 g/mol. The summed E-state index contributed by atoms with van der Waals surface area (Å²) in [6, 6.07) is 17.1. The van der Waals surface area contributed by atoms with Crippen LogP contribution < -0.4 is 5.10 Å². The van der Waals surface area contributed by atoms with Gasteiger partial charge in [0.2, 0.25) is 0 Å². The molecule has 0 bridgehead atoms. The van der Waals surface area contributed by atoms with E-state index in [4.69, 9.17) is 0 Å². The zero-order chi connectivity index (χ0) is 17.8. The maximum atomic E-state index is 4.54. The van der Waals surface area contributed by atoms with Gasteiger partial charge < -0.3 is 10.2 Å². The minimum atomic E-state index is 0. The summed E-state index contributed by atoms with van der Waals surface area (Å²) in [5, 5.41) is 12.1. The van der Waals surface area contributed by atoms with E-state index in [2.05, 4.69) is 44.7 Å². The van der Waals surface area contributed by atoms with E-state index in [0.717, 1.165) is 29.9 Å². The maximum absolute atomic E-state index is 4.54. The van der Waals surface area contributed by atoms with Crippen LogP contribution in [0, 0.1) is 6.07 Å². The molecule has 4 aromatic rings. The fraction of sp³-hybridized carbons (Fsp3) is 0.190. The number of hydrogen-bond acceptors (Lipinski definition) is 3. The summed E-state index contributed by atoms with van der Waals surface area (Å²) >= 11 is 0. The van der Waals surface area contributed by atoms with Crippen molar-refractivity contribution in [2.75, 3.05) is 0 Å². The van der Waals surface area contributed by atoms with E-state index in [-0.39, 0.29) is 20.1 Å². The Hall–Kier alpha value is -2.56. The fourth-order valence-electron chi connectivity index (χ4n) is 3.18. The van der Waals surface area contributed by atoms with E-state index in [1.54, 1.807) is 12.4 Å². The van der Waals surface area contributed by atoms with E-state index >= 15 is 0 Å². The Morgan fingerprint density at radius 1 is 1.04 bits per heavy atom. The maximum Gasteiger partial charge on any atom is 0.0493 e. The Labute approximate surface area is 172 Å². The topological polar surface area (TPSA) is 57.7 Å². The molecule has 1 aliphatic rings. The van der Waals surface area contributed by atoms with Crippen LogP contribution in [0.5, 0.6) is 0 Å². The third kappa shape index (κ3) is 4.41. The van der Waals surface area contributed by atoms with Gasteiger partial charge >= 0.3 is 0 Å². The molecule has 1 aromatic carbocycles. The monoisotopic (exact) mass is 534 g/mol. The number of hydrogen-bond donors (Lipinski definition) is 0.